The van der Waals surface area contributed by atoms with E-state index in [1.165, 1.54) is 19.3 Å². The molecule has 0 aromatic carbocycles. The molecule has 1 aliphatic heterocycles. The Balaban J connectivity index is 2.22. The highest BCUT2D eigenvalue weighted by Crippen LogP contribution is 2.11. The van der Waals surface area contributed by atoms with Crippen molar-refractivity contribution in [1.82, 2.24) is 10.6 Å². The van der Waals surface area contributed by atoms with Gasteiger partial charge in [0.1, 0.15) is 0 Å². The van der Waals surface area contributed by atoms with Gasteiger partial charge in [-0.25, -0.2) is 0 Å². The van der Waals surface area contributed by atoms with Gasteiger partial charge in [0.15, 0.2) is 0 Å². The first-order chi connectivity index (χ1) is 8.13. The van der Waals surface area contributed by atoms with Crippen LogP contribution in [0.15, 0.2) is 0 Å². The molecule has 3 nitrogen and oxygen atoms in total. The van der Waals surface area contributed by atoms with E-state index in [1.54, 1.807) is 0 Å². The third kappa shape index (κ3) is 5.23. The van der Waals surface area contributed by atoms with Gasteiger partial charge >= 0.3 is 0 Å². The predicted molar refractivity (Wildman–Crippen MR) is 70.5 cm³/mol. The average molecular weight is 236 g/mol. The van der Waals surface area contributed by atoms with Crippen LogP contribution in [0.3, 0.4) is 0 Å². The zero-order valence-corrected chi connectivity index (χ0v) is 11.0. The molecule has 1 saturated heterocycles. The van der Waals surface area contributed by atoms with Gasteiger partial charge in [0, 0.05) is 12.5 Å². The molecule has 0 aromatic heterocycles. The van der Waals surface area contributed by atoms with Crippen LogP contribution in [0.5, 0.6) is 0 Å². The second-order valence-corrected chi connectivity index (χ2v) is 5.14. The number of hydrogen-bond donors (Lipinski definition) is 2. The molecule has 0 aliphatic carbocycles. The summed E-state index contributed by atoms with van der Waals surface area (Å²) in [6, 6.07) is 0.375. The molecule has 2 unspecified atom stereocenters. The van der Waals surface area contributed by atoms with Gasteiger partial charge in [-0.05, 0) is 31.7 Å². The SMILES string of the molecule is C#CC(NC(=O)CCC1CCCCN1)C(C)C. The van der Waals surface area contributed by atoms with Crippen molar-refractivity contribution in [1.29, 1.82) is 0 Å². The van der Waals surface area contributed by atoms with Gasteiger partial charge in [0.25, 0.3) is 0 Å². The lowest BCUT2D eigenvalue weighted by atomic mass is 10.00. The molecule has 0 aromatic rings. The molecule has 2 N–H and O–H groups in total. The smallest absolute Gasteiger partial charge is 0.221 e. The number of carbonyl (C=O) groups excluding carboxylic acids is 1. The van der Waals surface area contributed by atoms with E-state index >= 15 is 0 Å². The molecular weight excluding hydrogens is 212 g/mol. The Morgan fingerprint density at radius 1 is 1.53 bits per heavy atom. The average Bonchev–Trinajstić information content (AvgIpc) is 2.34. The molecule has 96 valence electrons. The standard InChI is InChI=1S/C14H24N2O/c1-4-13(11(2)3)16-14(17)9-8-12-7-5-6-10-15-12/h1,11-13,15H,5-10H2,2-3H3,(H,16,17). The number of hydrogen-bond acceptors (Lipinski definition) is 2. The topological polar surface area (TPSA) is 41.1 Å². The maximum absolute atomic E-state index is 11.7. The highest BCUT2D eigenvalue weighted by atomic mass is 16.1. The Morgan fingerprint density at radius 3 is 2.82 bits per heavy atom. The van der Waals surface area contributed by atoms with Crippen LogP contribution in [0.1, 0.15) is 46.0 Å². The summed E-state index contributed by atoms with van der Waals surface area (Å²) >= 11 is 0. The second-order valence-electron chi connectivity index (χ2n) is 5.14. The number of piperidine rings is 1. The van der Waals surface area contributed by atoms with E-state index in [4.69, 9.17) is 6.42 Å². The van der Waals surface area contributed by atoms with Crippen molar-refractivity contribution < 1.29 is 4.79 Å². The lowest BCUT2D eigenvalue weighted by molar-refractivity contribution is -0.121. The van der Waals surface area contributed by atoms with E-state index in [0.717, 1.165) is 13.0 Å². The summed E-state index contributed by atoms with van der Waals surface area (Å²) in [5.41, 5.74) is 0. The highest BCUT2D eigenvalue weighted by molar-refractivity contribution is 5.76. The van der Waals surface area contributed by atoms with E-state index in [2.05, 4.69) is 16.6 Å². The van der Waals surface area contributed by atoms with Crippen molar-refractivity contribution in [2.45, 2.75) is 58.0 Å². The Labute approximate surface area is 105 Å². The van der Waals surface area contributed by atoms with Gasteiger partial charge in [0.05, 0.1) is 6.04 Å². The normalized spacial score (nSPS) is 21.9. The number of amides is 1. The molecule has 17 heavy (non-hydrogen) atoms. The van der Waals surface area contributed by atoms with Gasteiger partial charge in [-0.2, -0.15) is 0 Å². The minimum absolute atomic E-state index is 0.0778. The van der Waals surface area contributed by atoms with Crippen molar-refractivity contribution in [3.05, 3.63) is 0 Å². The molecule has 1 aliphatic rings. The molecule has 0 radical (unpaired) electrons. The molecule has 0 saturated carbocycles. The van der Waals surface area contributed by atoms with Crippen LogP contribution in [-0.2, 0) is 4.79 Å². The minimum Gasteiger partial charge on any atom is -0.342 e. The zero-order chi connectivity index (χ0) is 12.7. The van der Waals surface area contributed by atoms with Crippen molar-refractivity contribution in [2.75, 3.05) is 6.54 Å². The summed E-state index contributed by atoms with van der Waals surface area (Å²) in [5, 5.41) is 6.35. The monoisotopic (exact) mass is 236 g/mol. The van der Waals surface area contributed by atoms with Crippen molar-refractivity contribution in [3.8, 4) is 12.3 Å². The molecular formula is C14H24N2O. The predicted octanol–water partition coefficient (Wildman–Crippen LogP) is 1.68. The van der Waals surface area contributed by atoms with E-state index in [-0.39, 0.29) is 17.9 Å². The molecule has 0 spiro atoms. The maximum Gasteiger partial charge on any atom is 0.221 e. The summed E-state index contributed by atoms with van der Waals surface area (Å²) < 4.78 is 0. The Kier molecular flexibility index (Phi) is 6.07. The molecule has 0 bridgehead atoms. The van der Waals surface area contributed by atoms with Crippen molar-refractivity contribution in [2.24, 2.45) is 5.92 Å². The van der Waals surface area contributed by atoms with E-state index in [0.29, 0.717) is 12.5 Å². The summed E-state index contributed by atoms with van der Waals surface area (Å²) in [7, 11) is 0. The Hall–Kier alpha value is -1.01. The second kappa shape index (κ2) is 7.34. The van der Waals surface area contributed by atoms with Crippen LogP contribution in [0.2, 0.25) is 0 Å². The highest BCUT2D eigenvalue weighted by Gasteiger charge is 2.16. The van der Waals surface area contributed by atoms with Crippen LogP contribution in [0, 0.1) is 18.3 Å². The van der Waals surface area contributed by atoms with Crippen molar-refractivity contribution in [3.63, 3.8) is 0 Å². The first-order valence-corrected chi connectivity index (χ1v) is 6.62. The summed E-state index contributed by atoms with van der Waals surface area (Å²) in [6.45, 7) is 5.13. The number of terminal acetylenes is 1. The lowest BCUT2D eigenvalue weighted by Gasteiger charge is -2.23. The van der Waals surface area contributed by atoms with Gasteiger partial charge < -0.3 is 10.6 Å². The van der Waals surface area contributed by atoms with Crippen LogP contribution >= 0.6 is 0 Å². The molecule has 1 rings (SSSR count). The largest absolute Gasteiger partial charge is 0.342 e. The summed E-state index contributed by atoms with van der Waals surface area (Å²) in [6.07, 6.45) is 10.6. The summed E-state index contributed by atoms with van der Waals surface area (Å²) in [5.74, 6) is 2.99. The van der Waals surface area contributed by atoms with Crippen LogP contribution in [-0.4, -0.2) is 24.5 Å². The Morgan fingerprint density at radius 2 is 2.29 bits per heavy atom. The van der Waals surface area contributed by atoms with Crippen LogP contribution < -0.4 is 10.6 Å². The molecule has 2 atom stereocenters. The van der Waals surface area contributed by atoms with Gasteiger partial charge in [0.2, 0.25) is 5.91 Å². The van der Waals surface area contributed by atoms with E-state index in [1.807, 2.05) is 13.8 Å². The number of carbonyl (C=O) groups is 1. The fraction of sp³-hybridized carbons (Fsp3) is 0.786. The van der Waals surface area contributed by atoms with Gasteiger partial charge in [-0.1, -0.05) is 26.2 Å². The summed E-state index contributed by atoms with van der Waals surface area (Å²) in [4.78, 5) is 11.7. The molecule has 1 fully saturated rings. The molecule has 1 amide bonds. The fourth-order valence-corrected chi connectivity index (χ4v) is 2.12. The van der Waals surface area contributed by atoms with Crippen molar-refractivity contribution >= 4 is 5.91 Å². The third-order valence-corrected chi connectivity index (χ3v) is 3.29. The van der Waals surface area contributed by atoms with Gasteiger partial charge in [-0.3, -0.25) is 4.79 Å². The number of nitrogens with one attached hydrogen (secondary N) is 2. The molecule has 3 heteroatoms. The first kappa shape index (κ1) is 14.1. The minimum atomic E-state index is -0.137. The Bertz CT molecular complexity index is 274. The van der Waals surface area contributed by atoms with Crippen LogP contribution in [0.4, 0.5) is 0 Å². The number of rotatable bonds is 5. The maximum atomic E-state index is 11.7. The van der Waals surface area contributed by atoms with Crippen LogP contribution in [0.25, 0.3) is 0 Å². The lowest BCUT2D eigenvalue weighted by Crippen LogP contribution is -2.39. The van der Waals surface area contributed by atoms with E-state index in [9.17, 15) is 4.79 Å². The van der Waals surface area contributed by atoms with Gasteiger partial charge in [-0.15, -0.1) is 6.42 Å². The van der Waals surface area contributed by atoms with E-state index < -0.39 is 0 Å². The zero-order valence-electron chi connectivity index (χ0n) is 11.0. The fourth-order valence-electron chi connectivity index (χ4n) is 2.12. The first-order valence-electron chi connectivity index (χ1n) is 6.62. The molecule has 1 heterocycles. The quantitative estimate of drug-likeness (QED) is 0.713. The third-order valence-electron chi connectivity index (χ3n) is 3.29.